The van der Waals surface area contributed by atoms with Gasteiger partial charge in [0.25, 0.3) is 5.91 Å². The van der Waals surface area contributed by atoms with Crippen molar-refractivity contribution in [3.63, 3.8) is 0 Å². The summed E-state index contributed by atoms with van der Waals surface area (Å²) in [6.07, 6.45) is 0.942. The molecular weight excluding hydrogens is 417 g/mol. The second-order valence-corrected chi connectivity index (χ2v) is 7.90. The number of aromatic nitrogens is 3. The van der Waals surface area contributed by atoms with Crippen LogP contribution in [0.4, 0.5) is 10.1 Å². The van der Waals surface area contributed by atoms with Crippen LogP contribution in [0.1, 0.15) is 41.6 Å². The van der Waals surface area contributed by atoms with Gasteiger partial charge in [0.15, 0.2) is 11.0 Å². The molecule has 0 aliphatic carbocycles. The van der Waals surface area contributed by atoms with Crippen molar-refractivity contribution in [2.75, 3.05) is 11.1 Å². The third-order valence-electron chi connectivity index (χ3n) is 4.70. The van der Waals surface area contributed by atoms with Crippen LogP contribution in [-0.4, -0.2) is 32.3 Å². The van der Waals surface area contributed by atoms with Crippen molar-refractivity contribution >= 4 is 29.3 Å². The van der Waals surface area contributed by atoms with E-state index < -0.39 is 17.8 Å². The molecule has 31 heavy (non-hydrogen) atoms. The fourth-order valence-electron chi connectivity index (χ4n) is 2.96. The Labute approximate surface area is 184 Å². The van der Waals surface area contributed by atoms with Gasteiger partial charge < -0.3 is 15.2 Å². The van der Waals surface area contributed by atoms with Crippen molar-refractivity contribution in [1.82, 2.24) is 20.1 Å². The highest BCUT2D eigenvalue weighted by Gasteiger charge is 2.20. The number of thioether (sulfide) groups is 1. The molecule has 7 nitrogen and oxygen atoms in total. The van der Waals surface area contributed by atoms with Crippen LogP contribution < -0.4 is 10.6 Å². The number of nitrogens with zero attached hydrogens (tertiary/aromatic N) is 3. The van der Waals surface area contributed by atoms with Crippen molar-refractivity contribution in [2.45, 2.75) is 31.5 Å². The number of aryl methyl sites for hydroxylation is 1. The van der Waals surface area contributed by atoms with E-state index in [1.807, 2.05) is 24.3 Å². The zero-order valence-corrected chi connectivity index (χ0v) is 18.4. The third kappa shape index (κ3) is 5.69. The topological polar surface area (TPSA) is 88.9 Å². The molecule has 0 unspecified atom stereocenters. The molecule has 162 valence electrons. The molecule has 2 N–H and O–H groups in total. The second-order valence-electron chi connectivity index (χ2n) is 6.96. The molecule has 9 heteroatoms. The lowest BCUT2D eigenvalue weighted by atomic mass is 10.1. The number of hydrogen-bond donors (Lipinski definition) is 2. The number of amides is 2. The van der Waals surface area contributed by atoms with Gasteiger partial charge in [-0.3, -0.25) is 9.59 Å². The number of carbonyl (C=O) groups excluding carboxylic acids is 2. The fourth-order valence-corrected chi connectivity index (χ4v) is 3.68. The molecule has 0 spiro atoms. The van der Waals surface area contributed by atoms with E-state index in [0.717, 1.165) is 12.1 Å². The van der Waals surface area contributed by atoms with Gasteiger partial charge >= 0.3 is 0 Å². The maximum absolute atomic E-state index is 13.8. The maximum atomic E-state index is 13.8. The Morgan fingerprint density at radius 1 is 1.13 bits per heavy atom. The average Bonchev–Trinajstić information content (AvgIpc) is 3.13. The predicted octanol–water partition coefficient (Wildman–Crippen LogP) is 3.74. The highest BCUT2D eigenvalue weighted by Crippen LogP contribution is 2.20. The van der Waals surface area contributed by atoms with E-state index >= 15 is 0 Å². The normalized spacial score (nSPS) is 11.7. The molecule has 2 amide bonds. The Kier molecular flexibility index (Phi) is 7.41. The lowest BCUT2D eigenvalue weighted by Gasteiger charge is -2.14. The zero-order chi connectivity index (χ0) is 22.4. The quantitative estimate of drug-likeness (QED) is 0.520. The molecule has 0 radical (unpaired) electrons. The van der Waals surface area contributed by atoms with Gasteiger partial charge in [-0.05, 0) is 43.2 Å². The summed E-state index contributed by atoms with van der Waals surface area (Å²) in [6.45, 7) is 3.81. The third-order valence-corrected chi connectivity index (χ3v) is 5.72. The predicted molar refractivity (Wildman–Crippen MR) is 118 cm³/mol. The van der Waals surface area contributed by atoms with Crippen molar-refractivity contribution in [3.05, 3.63) is 71.3 Å². The van der Waals surface area contributed by atoms with Gasteiger partial charge in [-0.1, -0.05) is 43.0 Å². The summed E-state index contributed by atoms with van der Waals surface area (Å²) in [5, 5.41) is 14.3. The van der Waals surface area contributed by atoms with Crippen molar-refractivity contribution in [1.29, 1.82) is 0 Å². The summed E-state index contributed by atoms with van der Waals surface area (Å²) in [6, 6.07) is 13.0. The second kappa shape index (κ2) is 10.2. The molecular formula is C22H24FN5O2S. The smallest absolute Gasteiger partial charge is 0.254 e. The van der Waals surface area contributed by atoms with Crippen LogP contribution >= 0.6 is 11.8 Å². The minimum atomic E-state index is -0.586. The summed E-state index contributed by atoms with van der Waals surface area (Å²) in [7, 11) is 1.75. The molecule has 1 heterocycles. The number of anilines is 1. The van der Waals surface area contributed by atoms with Gasteiger partial charge in [-0.25, -0.2) is 4.39 Å². The molecule has 3 aromatic rings. The number of nitrogens with one attached hydrogen (secondary N) is 2. The lowest BCUT2D eigenvalue weighted by molar-refractivity contribution is -0.113. The Morgan fingerprint density at radius 2 is 1.84 bits per heavy atom. The Morgan fingerprint density at radius 3 is 2.52 bits per heavy atom. The van der Waals surface area contributed by atoms with Crippen LogP contribution in [0, 0.1) is 5.82 Å². The number of hydrogen-bond acceptors (Lipinski definition) is 5. The molecule has 1 aromatic heterocycles. The van der Waals surface area contributed by atoms with Crippen LogP contribution in [0.15, 0.2) is 53.7 Å². The Bertz CT molecular complexity index is 1070. The zero-order valence-electron chi connectivity index (χ0n) is 17.6. The van der Waals surface area contributed by atoms with Gasteiger partial charge in [-0.2, -0.15) is 0 Å². The van der Waals surface area contributed by atoms with Gasteiger partial charge in [0.2, 0.25) is 5.91 Å². The minimum Gasteiger partial charge on any atom is -0.342 e. The average molecular weight is 442 g/mol. The first kappa shape index (κ1) is 22.5. The molecule has 0 aliphatic heterocycles. The standard InChI is InChI=1S/C22H24FN5O2S/c1-4-15-9-11-16(12-10-15)25-19(29)13-31-22-27-26-20(28(22)3)14(2)24-21(30)17-7-5-6-8-18(17)23/h5-12,14H,4,13H2,1-3H3,(H,24,30)(H,25,29)/t14-/m1/s1. The SMILES string of the molecule is CCc1ccc(NC(=O)CSc2nnc([C@@H](C)NC(=O)c3ccccc3F)n2C)cc1. The molecule has 0 fully saturated rings. The highest BCUT2D eigenvalue weighted by atomic mass is 32.2. The summed E-state index contributed by atoms with van der Waals surface area (Å²) in [5.74, 6) is -0.604. The Hall–Kier alpha value is -3.20. The van der Waals surface area contributed by atoms with Gasteiger partial charge in [0.1, 0.15) is 5.82 Å². The number of benzene rings is 2. The number of halogens is 1. The summed E-state index contributed by atoms with van der Waals surface area (Å²) < 4.78 is 15.5. The van der Waals surface area contributed by atoms with E-state index in [4.69, 9.17) is 0 Å². The van der Waals surface area contributed by atoms with E-state index in [-0.39, 0.29) is 17.2 Å². The lowest BCUT2D eigenvalue weighted by Crippen LogP contribution is -2.29. The van der Waals surface area contributed by atoms with Crippen LogP contribution in [-0.2, 0) is 18.3 Å². The van der Waals surface area contributed by atoms with E-state index in [0.29, 0.717) is 11.0 Å². The van der Waals surface area contributed by atoms with Gasteiger partial charge in [0.05, 0.1) is 17.4 Å². The highest BCUT2D eigenvalue weighted by molar-refractivity contribution is 7.99. The summed E-state index contributed by atoms with van der Waals surface area (Å²) in [4.78, 5) is 24.6. The van der Waals surface area contributed by atoms with E-state index in [9.17, 15) is 14.0 Å². The van der Waals surface area contributed by atoms with Crippen LogP contribution in [0.5, 0.6) is 0 Å². The maximum Gasteiger partial charge on any atom is 0.254 e. The largest absolute Gasteiger partial charge is 0.342 e. The van der Waals surface area contributed by atoms with Crippen LogP contribution in [0.25, 0.3) is 0 Å². The van der Waals surface area contributed by atoms with Gasteiger partial charge in [-0.15, -0.1) is 10.2 Å². The van der Waals surface area contributed by atoms with E-state index in [2.05, 4.69) is 27.8 Å². The molecule has 2 aromatic carbocycles. The van der Waals surface area contributed by atoms with Crippen LogP contribution in [0.3, 0.4) is 0 Å². The molecule has 0 saturated heterocycles. The van der Waals surface area contributed by atoms with E-state index in [1.165, 1.54) is 35.5 Å². The fraction of sp³-hybridized carbons (Fsp3) is 0.273. The van der Waals surface area contributed by atoms with Crippen LogP contribution in [0.2, 0.25) is 0 Å². The van der Waals surface area contributed by atoms with Crippen molar-refractivity contribution in [3.8, 4) is 0 Å². The monoisotopic (exact) mass is 441 g/mol. The Balaban J connectivity index is 1.57. The molecule has 0 aliphatic rings. The number of carbonyl (C=O) groups is 2. The van der Waals surface area contributed by atoms with E-state index in [1.54, 1.807) is 24.6 Å². The van der Waals surface area contributed by atoms with Crippen molar-refractivity contribution < 1.29 is 14.0 Å². The first-order valence-corrected chi connectivity index (χ1v) is 10.8. The van der Waals surface area contributed by atoms with Gasteiger partial charge in [0, 0.05) is 12.7 Å². The molecule has 3 rings (SSSR count). The first-order valence-electron chi connectivity index (χ1n) is 9.85. The summed E-state index contributed by atoms with van der Waals surface area (Å²) >= 11 is 1.24. The first-order chi connectivity index (χ1) is 14.9. The number of rotatable bonds is 8. The molecule has 0 saturated carbocycles. The van der Waals surface area contributed by atoms with Crippen molar-refractivity contribution in [2.24, 2.45) is 7.05 Å². The molecule has 1 atom stereocenters. The molecule has 0 bridgehead atoms. The minimum absolute atomic E-state index is 0.0326. The summed E-state index contributed by atoms with van der Waals surface area (Å²) in [5.41, 5.74) is 1.91.